The van der Waals surface area contributed by atoms with Gasteiger partial charge in [-0.2, -0.15) is 0 Å². The van der Waals surface area contributed by atoms with Crippen LogP contribution in [0.4, 0.5) is 0 Å². The summed E-state index contributed by atoms with van der Waals surface area (Å²) >= 11 is 0. The Balaban J connectivity index is 2.60. The molecule has 1 aliphatic rings. The monoisotopic (exact) mass is 1220 g/mol. The number of aliphatic hydroxyl groups is 5. The number of carbonyl (C=O) groups is 2. The summed E-state index contributed by atoms with van der Waals surface area (Å²) < 4.78 is 17.7. The molecule has 8 atom stereocenters. The van der Waals surface area contributed by atoms with E-state index in [1.165, 1.54) is 173 Å². The van der Waals surface area contributed by atoms with Gasteiger partial charge in [0.05, 0.1) is 25.4 Å². The van der Waals surface area contributed by atoms with Gasteiger partial charge in [0.15, 0.2) is 12.4 Å². The quantitative estimate of drug-likeness (QED) is 0.0195. The lowest BCUT2D eigenvalue weighted by Gasteiger charge is -2.41. The van der Waals surface area contributed by atoms with Crippen LogP contribution in [0.25, 0.3) is 0 Å². The minimum atomic E-state index is -1.63. The van der Waals surface area contributed by atoms with E-state index in [4.69, 9.17) is 14.2 Å². The summed E-state index contributed by atoms with van der Waals surface area (Å²) in [4.78, 5) is 26.7. The first-order chi connectivity index (χ1) is 42.7. The maximum Gasteiger partial charge on any atom is 0.306 e. The number of carbonyl (C=O) groups excluding carboxylic acids is 2. The van der Waals surface area contributed by atoms with Gasteiger partial charge in [-0.3, -0.25) is 9.59 Å². The van der Waals surface area contributed by atoms with E-state index in [-0.39, 0.29) is 19.4 Å². The number of hydrogen-bond acceptors (Lipinski definition) is 10. The molecule has 0 saturated carbocycles. The number of esters is 1. The van der Waals surface area contributed by atoms with Gasteiger partial charge in [-0.15, -0.1) is 0 Å². The van der Waals surface area contributed by atoms with Crippen LogP contribution in [0.3, 0.4) is 0 Å². The van der Waals surface area contributed by atoms with Crippen molar-refractivity contribution < 1.29 is 49.3 Å². The molecule has 0 aromatic carbocycles. The third-order valence-corrected chi connectivity index (χ3v) is 16.5. The highest BCUT2D eigenvalue weighted by molar-refractivity contribution is 5.80. The van der Waals surface area contributed by atoms with E-state index in [0.29, 0.717) is 12.8 Å². The van der Waals surface area contributed by atoms with Gasteiger partial charge in [0, 0.05) is 6.42 Å². The standard InChI is InChI=1S/C76H133NO10/c1-4-7-10-13-16-19-22-25-27-29-31-32-33-34-35-36-37-39-40-42-45-48-51-54-57-60-63-69(80)75(84)77-67(68(79)62-59-56-53-50-47-44-24-21-18-15-12-9-6-3)66-85-76-74(73(83)72(82)70(65-78)86-76)87-71(81)64-61-58-55-52-49-46-43-41-38-30-28-26-23-20-17-14-11-8-5-2/h16-17,19-20,25-28,31-32,38,41,46,49,59,62,67-70,72-74,76,78-80,82-83H,4-15,18,21-24,29-30,33-37,39-40,42-45,47-48,50-58,60-61,63-66H2,1-3H3,(H,77,84)/b19-16-,20-17-,27-25-,28-26-,32-31-,41-38-,49-46-,62-59+. The van der Waals surface area contributed by atoms with Crippen molar-refractivity contribution in [3.8, 4) is 0 Å². The second kappa shape index (κ2) is 62.8. The highest BCUT2D eigenvalue weighted by Crippen LogP contribution is 2.26. The van der Waals surface area contributed by atoms with Crippen molar-refractivity contribution in [3.05, 3.63) is 97.2 Å². The van der Waals surface area contributed by atoms with Gasteiger partial charge in [-0.1, -0.05) is 291 Å². The molecule has 502 valence electrons. The van der Waals surface area contributed by atoms with Gasteiger partial charge < -0.3 is 45.1 Å². The molecule has 0 aliphatic carbocycles. The van der Waals surface area contributed by atoms with Crippen LogP contribution in [0.15, 0.2) is 97.2 Å². The number of amides is 1. The minimum absolute atomic E-state index is 0.0830. The molecule has 11 heteroatoms. The third kappa shape index (κ3) is 50.0. The van der Waals surface area contributed by atoms with Crippen LogP contribution in [0, 0.1) is 0 Å². The first-order valence-corrected chi connectivity index (χ1v) is 36.0. The molecule has 0 spiro atoms. The highest BCUT2D eigenvalue weighted by Gasteiger charge is 2.47. The van der Waals surface area contributed by atoms with Crippen molar-refractivity contribution >= 4 is 11.9 Å². The molecular formula is C76H133NO10. The second-order valence-corrected chi connectivity index (χ2v) is 24.6. The lowest BCUT2D eigenvalue weighted by atomic mass is 9.99. The van der Waals surface area contributed by atoms with E-state index in [1.807, 2.05) is 6.08 Å². The number of rotatable bonds is 61. The van der Waals surface area contributed by atoms with Crippen LogP contribution in [0.1, 0.15) is 310 Å². The lowest BCUT2D eigenvalue weighted by molar-refractivity contribution is -0.305. The fraction of sp³-hybridized carbons (Fsp3) is 0.763. The van der Waals surface area contributed by atoms with E-state index >= 15 is 0 Å². The molecule has 0 radical (unpaired) electrons. The number of unbranched alkanes of at least 4 members (excludes halogenated alkanes) is 33. The van der Waals surface area contributed by atoms with E-state index in [0.717, 1.165) is 89.9 Å². The fourth-order valence-corrected chi connectivity index (χ4v) is 10.8. The molecule has 1 amide bonds. The Morgan fingerprint density at radius 2 is 0.793 bits per heavy atom. The summed E-state index contributed by atoms with van der Waals surface area (Å²) in [6.45, 7) is 5.74. The molecule has 1 saturated heterocycles. The summed E-state index contributed by atoms with van der Waals surface area (Å²) in [7, 11) is 0. The molecule has 1 fully saturated rings. The van der Waals surface area contributed by atoms with E-state index in [1.54, 1.807) is 6.08 Å². The summed E-state index contributed by atoms with van der Waals surface area (Å²) in [5.74, 6) is -1.23. The molecule has 87 heavy (non-hydrogen) atoms. The molecule has 6 N–H and O–H groups in total. The highest BCUT2D eigenvalue weighted by atomic mass is 16.7. The van der Waals surface area contributed by atoms with E-state index in [9.17, 15) is 35.1 Å². The zero-order valence-corrected chi connectivity index (χ0v) is 55.9. The molecule has 11 nitrogen and oxygen atoms in total. The molecule has 1 aliphatic heterocycles. The Labute approximate surface area is 533 Å². The summed E-state index contributed by atoms with van der Waals surface area (Å²) in [5, 5.41) is 57.3. The van der Waals surface area contributed by atoms with Crippen molar-refractivity contribution in [2.75, 3.05) is 13.2 Å². The molecule has 0 aromatic heterocycles. The predicted molar refractivity (Wildman–Crippen MR) is 365 cm³/mol. The largest absolute Gasteiger partial charge is 0.454 e. The maximum atomic E-state index is 13.5. The van der Waals surface area contributed by atoms with Crippen molar-refractivity contribution in [1.29, 1.82) is 0 Å². The average molecular weight is 1220 g/mol. The Kier molecular flexibility index (Phi) is 58.9. The minimum Gasteiger partial charge on any atom is -0.454 e. The zero-order chi connectivity index (χ0) is 63.1. The van der Waals surface area contributed by atoms with E-state index < -0.39 is 67.4 Å². The number of ether oxygens (including phenoxy) is 3. The van der Waals surface area contributed by atoms with Crippen molar-refractivity contribution in [2.45, 2.75) is 359 Å². The smallest absolute Gasteiger partial charge is 0.306 e. The van der Waals surface area contributed by atoms with Crippen LogP contribution in [0.5, 0.6) is 0 Å². The van der Waals surface area contributed by atoms with Gasteiger partial charge in [-0.25, -0.2) is 0 Å². The molecule has 8 unspecified atom stereocenters. The Morgan fingerprint density at radius 3 is 1.21 bits per heavy atom. The van der Waals surface area contributed by atoms with Crippen molar-refractivity contribution in [2.24, 2.45) is 0 Å². The zero-order valence-electron chi connectivity index (χ0n) is 55.9. The van der Waals surface area contributed by atoms with Crippen molar-refractivity contribution in [3.63, 3.8) is 0 Å². The Hall–Kier alpha value is -3.42. The van der Waals surface area contributed by atoms with Crippen LogP contribution in [0.2, 0.25) is 0 Å². The van der Waals surface area contributed by atoms with Gasteiger partial charge in [0.25, 0.3) is 0 Å². The normalized spacial score (nSPS) is 18.8. The molecular weight excluding hydrogens is 1090 g/mol. The summed E-state index contributed by atoms with van der Waals surface area (Å²) in [6, 6.07) is -1.04. The number of aliphatic hydroxyl groups excluding tert-OH is 5. The lowest BCUT2D eigenvalue weighted by Crippen LogP contribution is -2.61. The van der Waals surface area contributed by atoms with Crippen LogP contribution in [-0.2, 0) is 23.8 Å². The van der Waals surface area contributed by atoms with Gasteiger partial charge in [-0.05, 0) is 109 Å². The van der Waals surface area contributed by atoms with Gasteiger partial charge in [0.2, 0.25) is 5.91 Å². The number of allylic oxidation sites excluding steroid dienone is 15. The predicted octanol–water partition coefficient (Wildman–Crippen LogP) is 18.6. The maximum absolute atomic E-state index is 13.5. The summed E-state index contributed by atoms with van der Waals surface area (Å²) in [5.41, 5.74) is 0. The average Bonchev–Trinajstić information content (AvgIpc) is 2.51. The Morgan fingerprint density at radius 1 is 0.448 bits per heavy atom. The van der Waals surface area contributed by atoms with Gasteiger partial charge in [0.1, 0.15) is 24.4 Å². The fourth-order valence-electron chi connectivity index (χ4n) is 10.8. The SMILES string of the molecule is CCCCC/C=C\C/C=C\C/C=C\C/C=C\CCCCCC(=O)OC1C(OCC(NC(=O)C(O)CCCCCCCCCCCCCCC/C=C\C/C=C\C/C=C\CCCCC)C(O)/C=C/CCCCCCCCCCCCC)OC(CO)C(O)C1O. The summed E-state index contributed by atoms with van der Waals surface area (Å²) in [6.07, 6.45) is 74.4. The van der Waals surface area contributed by atoms with Gasteiger partial charge >= 0.3 is 5.97 Å². The number of nitrogens with one attached hydrogen (secondary N) is 1. The molecule has 0 aromatic rings. The third-order valence-electron chi connectivity index (χ3n) is 16.5. The molecule has 1 heterocycles. The molecule has 0 bridgehead atoms. The molecule has 1 rings (SSSR count). The van der Waals surface area contributed by atoms with Crippen LogP contribution in [-0.4, -0.2) is 99.6 Å². The van der Waals surface area contributed by atoms with E-state index in [2.05, 4.69) is 111 Å². The number of hydrogen-bond donors (Lipinski definition) is 6. The first kappa shape index (κ1) is 81.6. The topological polar surface area (TPSA) is 175 Å². The van der Waals surface area contributed by atoms with Crippen molar-refractivity contribution in [1.82, 2.24) is 5.32 Å². The van der Waals surface area contributed by atoms with Crippen LogP contribution < -0.4 is 5.32 Å². The Bertz CT molecular complexity index is 1790. The van der Waals surface area contributed by atoms with Crippen LogP contribution >= 0.6 is 0 Å². The first-order valence-electron chi connectivity index (χ1n) is 36.0. The second-order valence-electron chi connectivity index (χ2n) is 24.6.